The molecule has 2 aromatic rings. The molecule has 0 fully saturated rings. The van der Waals surface area contributed by atoms with E-state index in [0.29, 0.717) is 34.5 Å². The maximum atomic E-state index is 12.7. The van der Waals surface area contributed by atoms with Gasteiger partial charge in [0.05, 0.1) is 21.4 Å². The van der Waals surface area contributed by atoms with Crippen LogP contribution in [0, 0.1) is 0 Å². The Kier molecular flexibility index (Phi) is 7.54. The lowest BCUT2D eigenvalue weighted by molar-refractivity contribution is -0.116. The van der Waals surface area contributed by atoms with Crippen LogP contribution in [0.25, 0.3) is 0 Å². The van der Waals surface area contributed by atoms with Crippen LogP contribution in [0.15, 0.2) is 24.3 Å². The van der Waals surface area contributed by atoms with Gasteiger partial charge in [-0.1, -0.05) is 57.0 Å². The summed E-state index contributed by atoms with van der Waals surface area (Å²) in [5, 5.41) is 10.6. The van der Waals surface area contributed by atoms with Gasteiger partial charge in [0.2, 0.25) is 5.91 Å². The summed E-state index contributed by atoms with van der Waals surface area (Å²) in [7, 11) is 1.76. The first kappa shape index (κ1) is 23.0. The van der Waals surface area contributed by atoms with Crippen molar-refractivity contribution in [2.45, 2.75) is 39.5 Å². The van der Waals surface area contributed by atoms with Crippen LogP contribution in [-0.2, 0) is 17.3 Å². The van der Waals surface area contributed by atoms with Crippen molar-refractivity contribution in [3.8, 4) is 0 Å². The van der Waals surface area contributed by atoms with Crippen LogP contribution < -0.4 is 10.6 Å². The summed E-state index contributed by atoms with van der Waals surface area (Å²) in [6, 6.07) is 6.35. The minimum Gasteiger partial charge on any atom is -0.315 e. The minimum atomic E-state index is -0.447. The average Bonchev–Trinajstić information content (AvgIpc) is 2.98. The van der Waals surface area contributed by atoms with Crippen LogP contribution in [-0.4, -0.2) is 39.7 Å². The Hall–Kier alpha value is -2.25. The first-order valence-electron chi connectivity index (χ1n) is 9.37. The maximum absolute atomic E-state index is 12.7. The fraction of sp³-hybridized carbons (Fsp3) is 0.450. The highest BCUT2D eigenvalue weighted by Crippen LogP contribution is 2.30. The topological polar surface area (TPSA) is 79.3 Å². The largest absolute Gasteiger partial charge is 0.322 e. The third-order valence-electron chi connectivity index (χ3n) is 4.23. The van der Waals surface area contributed by atoms with Crippen LogP contribution >= 0.6 is 23.2 Å². The molecule has 0 radical (unpaired) electrons. The van der Waals surface area contributed by atoms with Crippen LogP contribution in [0.4, 0.5) is 16.3 Å². The van der Waals surface area contributed by atoms with Crippen LogP contribution in [0.5, 0.6) is 0 Å². The number of hydrogen-bond donors (Lipinski definition) is 2. The highest BCUT2D eigenvalue weighted by molar-refractivity contribution is 6.39. The van der Waals surface area contributed by atoms with E-state index in [4.69, 9.17) is 23.2 Å². The molecule has 0 bridgehead atoms. The molecule has 3 amide bonds. The molecule has 7 nitrogen and oxygen atoms in total. The van der Waals surface area contributed by atoms with Crippen molar-refractivity contribution in [1.82, 2.24) is 14.7 Å². The molecule has 9 heteroatoms. The van der Waals surface area contributed by atoms with E-state index in [1.807, 2.05) is 33.8 Å². The molecule has 2 N–H and O–H groups in total. The van der Waals surface area contributed by atoms with E-state index >= 15 is 0 Å². The molecule has 0 saturated heterocycles. The monoisotopic (exact) mass is 439 g/mol. The summed E-state index contributed by atoms with van der Waals surface area (Å²) in [5.74, 6) is 0.258. The summed E-state index contributed by atoms with van der Waals surface area (Å²) in [6.45, 7) is 8.37. The molecule has 1 heterocycles. The van der Waals surface area contributed by atoms with E-state index in [-0.39, 0.29) is 17.9 Å². The molecule has 2 rings (SSSR count). The average molecular weight is 440 g/mol. The summed E-state index contributed by atoms with van der Waals surface area (Å²) in [6.07, 6.45) is 0.691. The highest BCUT2D eigenvalue weighted by Gasteiger charge is 2.22. The van der Waals surface area contributed by atoms with Gasteiger partial charge in [0, 0.05) is 25.1 Å². The van der Waals surface area contributed by atoms with Crippen LogP contribution in [0.3, 0.4) is 0 Å². The molecule has 158 valence electrons. The first-order valence-corrected chi connectivity index (χ1v) is 10.1. The number of carbonyl (C=O) groups is 2. The van der Waals surface area contributed by atoms with Gasteiger partial charge in [0.15, 0.2) is 0 Å². The number of aryl methyl sites for hydroxylation is 1. The Labute approximate surface area is 181 Å². The Bertz CT molecular complexity index is 869. The predicted octanol–water partition coefficient (Wildman–Crippen LogP) is 4.91. The summed E-state index contributed by atoms with van der Waals surface area (Å²) in [5.41, 5.74) is 1.05. The molecule has 0 aliphatic heterocycles. The standard InChI is InChI=1S/C20H27Cl2N5O2/c1-6-10-27(19(29)24-18-13(21)8-7-9-14(18)22)12-17(28)23-16-11-15(20(2,3)4)25-26(16)5/h7-9,11H,6,10,12H2,1-5H3,(H,23,28)(H,24,29). The fourth-order valence-electron chi connectivity index (χ4n) is 2.63. The van der Waals surface area contributed by atoms with Gasteiger partial charge in [-0.25, -0.2) is 4.79 Å². The Morgan fingerprint density at radius 2 is 1.79 bits per heavy atom. The van der Waals surface area contributed by atoms with Gasteiger partial charge in [0.25, 0.3) is 0 Å². The third kappa shape index (κ3) is 6.11. The van der Waals surface area contributed by atoms with Crippen molar-refractivity contribution in [2.75, 3.05) is 23.7 Å². The molecular weight excluding hydrogens is 413 g/mol. The van der Waals surface area contributed by atoms with E-state index < -0.39 is 6.03 Å². The molecule has 0 unspecified atom stereocenters. The van der Waals surface area contributed by atoms with Gasteiger partial charge in [-0.3, -0.25) is 9.48 Å². The SMILES string of the molecule is CCCN(CC(=O)Nc1cc(C(C)(C)C)nn1C)C(=O)Nc1c(Cl)cccc1Cl. The second-order valence-electron chi connectivity index (χ2n) is 7.78. The normalized spacial score (nSPS) is 11.3. The van der Waals surface area contributed by atoms with Gasteiger partial charge in [-0.2, -0.15) is 5.10 Å². The first-order chi connectivity index (χ1) is 13.5. The van der Waals surface area contributed by atoms with Crippen molar-refractivity contribution < 1.29 is 9.59 Å². The molecule has 1 aromatic heterocycles. The molecule has 29 heavy (non-hydrogen) atoms. The zero-order chi connectivity index (χ0) is 21.8. The van der Waals surface area contributed by atoms with Gasteiger partial charge in [0.1, 0.15) is 12.4 Å². The van der Waals surface area contributed by atoms with Crippen LogP contribution in [0.2, 0.25) is 10.0 Å². The number of rotatable bonds is 6. The molecule has 0 saturated carbocycles. The molecule has 0 spiro atoms. The van der Waals surface area contributed by atoms with Crippen molar-refractivity contribution in [2.24, 2.45) is 7.05 Å². The number of nitrogens with one attached hydrogen (secondary N) is 2. The number of aromatic nitrogens is 2. The number of amides is 3. The summed E-state index contributed by atoms with van der Waals surface area (Å²) >= 11 is 12.2. The lowest BCUT2D eigenvalue weighted by Gasteiger charge is -2.22. The van der Waals surface area contributed by atoms with Gasteiger partial charge >= 0.3 is 6.03 Å². The van der Waals surface area contributed by atoms with Crippen molar-refractivity contribution >= 4 is 46.6 Å². The number of carbonyl (C=O) groups excluding carboxylic acids is 2. The zero-order valence-corrected chi connectivity index (χ0v) is 18.9. The van der Waals surface area contributed by atoms with Crippen molar-refractivity contribution in [3.63, 3.8) is 0 Å². The Morgan fingerprint density at radius 1 is 1.17 bits per heavy atom. The maximum Gasteiger partial charge on any atom is 0.322 e. The second-order valence-corrected chi connectivity index (χ2v) is 8.60. The quantitative estimate of drug-likeness (QED) is 0.670. The Balaban J connectivity index is 2.09. The lowest BCUT2D eigenvalue weighted by Crippen LogP contribution is -2.41. The molecule has 0 aliphatic carbocycles. The van der Waals surface area contributed by atoms with Gasteiger partial charge in [-0.15, -0.1) is 0 Å². The number of para-hydroxylation sites is 1. The molecule has 0 atom stereocenters. The van der Waals surface area contributed by atoms with E-state index in [9.17, 15) is 9.59 Å². The number of halogens is 2. The number of benzene rings is 1. The van der Waals surface area contributed by atoms with Crippen LogP contribution in [0.1, 0.15) is 39.8 Å². The number of nitrogens with zero attached hydrogens (tertiary/aromatic N) is 3. The van der Waals surface area contributed by atoms with E-state index in [0.717, 1.165) is 5.69 Å². The van der Waals surface area contributed by atoms with Gasteiger partial charge in [-0.05, 0) is 18.6 Å². The number of anilines is 2. The zero-order valence-electron chi connectivity index (χ0n) is 17.3. The van der Waals surface area contributed by atoms with Crippen molar-refractivity contribution in [1.29, 1.82) is 0 Å². The van der Waals surface area contributed by atoms with E-state index in [2.05, 4.69) is 15.7 Å². The summed E-state index contributed by atoms with van der Waals surface area (Å²) in [4.78, 5) is 26.7. The molecule has 0 aliphatic rings. The highest BCUT2D eigenvalue weighted by atomic mass is 35.5. The fourth-order valence-corrected chi connectivity index (χ4v) is 3.12. The summed E-state index contributed by atoms with van der Waals surface area (Å²) < 4.78 is 1.62. The van der Waals surface area contributed by atoms with E-state index in [1.165, 1.54) is 4.90 Å². The molecular formula is C20H27Cl2N5O2. The smallest absolute Gasteiger partial charge is 0.315 e. The minimum absolute atomic E-state index is 0.113. The predicted molar refractivity (Wildman–Crippen MR) is 118 cm³/mol. The third-order valence-corrected chi connectivity index (χ3v) is 4.86. The lowest BCUT2D eigenvalue weighted by atomic mass is 9.92. The van der Waals surface area contributed by atoms with Crippen molar-refractivity contribution in [3.05, 3.63) is 40.0 Å². The number of hydrogen-bond acceptors (Lipinski definition) is 3. The molecule has 1 aromatic carbocycles. The van der Waals surface area contributed by atoms with E-state index in [1.54, 1.807) is 29.9 Å². The van der Waals surface area contributed by atoms with Gasteiger partial charge < -0.3 is 15.5 Å². The second kappa shape index (κ2) is 9.50. The number of urea groups is 1. The Morgan fingerprint density at radius 3 is 2.31 bits per heavy atom.